The van der Waals surface area contributed by atoms with Crippen molar-refractivity contribution in [3.05, 3.63) is 81.5 Å². The van der Waals surface area contributed by atoms with Gasteiger partial charge in [-0.2, -0.15) is 5.10 Å². The summed E-state index contributed by atoms with van der Waals surface area (Å²) in [5.41, 5.74) is 3.76. The molecule has 9 heteroatoms. The molecule has 4 heterocycles. The summed E-state index contributed by atoms with van der Waals surface area (Å²) in [6, 6.07) is 10.8. The zero-order valence-electron chi connectivity index (χ0n) is 14.9. The van der Waals surface area contributed by atoms with Crippen molar-refractivity contribution >= 4 is 24.0 Å². The van der Waals surface area contributed by atoms with Gasteiger partial charge < -0.3 is 9.13 Å². The minimum Gasteiger partial charge on any atom is -0.308 e. The predicted molar refractivity (Wildman–Crippen MR) is 108 cm³/mol. The number of pyridine rings is 1. The third kappa shape index (κ3) is 2.93. The highest BCUT2D eigenvalue weighted by molar-refractivity contribution is 6.31. The molecule has 1 aliphatic rings. The molecule has 0 amide bonds. The molecular formula is C19H16Cl2N6O. The van der Waals surface area contributed by atoms with Crippen molar-refractivity contribution in [3.63, 3.8) is 0 Å². The summed E-state index contributed by atoms with van der Waals surface area (Å²) in [5, 5.41) is 5.29. The molecule has 28 heavy (non-hydrogen) atoms. The van der Waals surface area contributed by atoms with E-state index in [1.54, 1.807) is 16.8 Å². The van der Waals surface area contributed by atoms with Gasteiger partial charge in [0.15, 0.2) is 11.6 Å². The molecule has 1 aromatic carbocycles. The molecule has 5 rings (SSSR count). The molecule has 0 atom stereocenters. The summed E-state index contributed by atoms with van der Waals surface area (Å²) in [6.07, 6.45) is 3.55. The Kier molecular flexibility index (Phi) is 4.56. The van der Waals surface area contributed by atoms with Gasteiger partial charge in [0, 0.05) is 22.8 Å². The maximum Gasteiger partial charge on any atom is 0.250 e. The van der Waals surface area contributed by atoms with E-state index in [4.69, 9.17) is 16.6 Å². The molecule has 0 N–H and O–H groups in total. The number of hydrogen-bond donors (Lipinski definition) is 0. The summed E-state index contributed by atoms with van der Waals surface area (Å²) in [7, 11) is 0. The van der Waals surface area contributed by atoms with Crippen LogP contribution in [-0.4, -0.2) is 28.9 Å². The summed E-state index contributed by atoms with van der Waals surface area (Å²) in [6.45, 7) is 2.84. The second kappa shape index (κ2) is 6.92. The number of imidazole rings is 1. The van der Waals surface area contributed by atoms with E-state index in [0.29, 0.717) is 23.9 Å². The molecule has 0 saturated carbocycles. The van der Waals surface area contributed by atoms with Crippen LogP contribution in [0.2, 0.25) is 5.02 Å². The predicted octanol–water partition coefficient (Wildman–Crippen LogP) is 3.09. The molecule has 0 saturated heterocycles. The third-order valence-electron chi connectivity index (χ3n) is 4.76. The number of rotatable bonds is 2. The molecular weight excluding hydrogens is 399 g/mol. The number of halogens is 2. The molecule has 0 radical (unpaired) electrons. The van der Waals surface area contributed by atoms with Crippen LogP contribution < -0.4 is 5.56 Å². The van der Waals surface area contributed by atoms with E-state index in [2.05, 4.69) is 14.6 Å². The van der Waals surface area contributed by atoms with E-state index < -0.39 is 0 Å². The van der Waals surface area contributed by atoms with Gasteiger partial charge in [0.1, 0.15) is 0 Å². The lowest BCUT2D eigenvalue weighted by molar-refractivity contribution is 0.642. The standard InChI is InChI=1S/C19H15ClN6O.ClH/c1-12-16-9-26-19(14-8-13(20)5-6-15(14)25(16)11-21-12)22-17(23-26)10-24-7-3-2-4-18(24)27;/h2-8,11H,9-10H2,1H3;1H. The quantitative estimate of drug-likeness (QED) is 0.444. The number of benzene rings is 1. The van der Waals surface area contributed by atoms with Crippen LogP contribution in [0, 0.1) is 6.92 Å². The van der Waals surface area contributed by atoms with Gasteiger partial charge in [-0.25, -0.2) is 14.6 Å². The first-order valence-electron chi connectivity index (χ1n) is 8.52. The van der Waals surface area contributed by atoms with E-state index in [-0.39, 0.29) is 18.0 Å². The zero-order valence-corrected chi connectivity index (χ0v) is 16.5. The molecule has 4 aromatic rings. The molecule has 142 valence electrons. The number of fused-ring (bicyclic) bond motifs is 5. The third-order valence-corrected chi connectivity index (χ3v) is 5.00. The fraction of sp³-hybridized carbons (Fsp3) is 0.158. The van der Waals surface area contributed by atoms with Gasteiger partial charge in [0.25, 0.3) is 5.56 Å². The molecule has 0 unspecified atom stereocenters. The average Bonchev–Trinajstić information content (AvgIpc) is 3.18. The highest BCUT2D eigenvalue weighted by Crippen LogP contribution is 2.33. The van der Waals surface area contributed by atoms with Crippen LogP contribution in [0.25, 0.3) is 17.1 Å². The first kappa shape index (κ1) is 18.5. The Balaban J connectivity index is 0.00000192. The van der Waals surface area contributed by atoms with Crippen LogP contribution in [0.5, 0.6) is 0 Å². The highest BCUT2D eigenvalue weighted by Gasteiger charge is 2.24. The van der Waals surface area contributed by atoms with Gasteiger partial charge >= 0.3 is 0 Å². The fourth-order valence-electron chi connectivity index (χ4n) is 3.41. The number of aryl methyl sites for hydroxylation is 1. The second-order valence-corrected chi connectivity index (χ2v) is 6.92. The number of nitrogens with zero attached hydrogens (tertiary/aromatic N) is 6. The summed E-state index contributed by atoms with van der Waals surface area (Å²) in [5.74, 6) is 1.31. The van der Waals surface area contributed by atoms with Crippen molar-refractivity contribution in [2.45, 2.75) is 20.0 Å². The van der Waals surface area contributed by atoms with Gasteiger partial charge in [-0.3, -0.25) is 4.79 Å². The first-order chi connectivity index (χ1) is 13.1. The second-order valence-electron chi connectivity index (χ2n) is 6.48. The Labute approximate surface area is 171 Å². The van der Waals surface area contributed by atoms with E-state index in [0.717, 1.165) is 28.5 Å². The Morgan fingerprint density at radius 1 is 1.21 bits per heavy atom. The number of hydrogen-bond acceptors (Lipinski definition) is 4. The molecule has 1 aliphatic heterocycles. The van der Waals surface area contributed by atoms with Crippen molar-refractivity contribution in [2.24, 2.45) is 0 Å². The lowest BCUT2D eigenvalue weighted by Gasteiger charge is -2.08. The van der Waals surface area contributed by atoms with Gasteiger partial charge in [0.05, 0.1) is 36.5 Å². The highest BCUT2D eigenvalue weighted by atomic mass is 35.5. The molecule has 0 aliphatic carbocycles. The molecule has 3 aromatic heterocycles. The van der Waals surface area contributed by atoms with E-state index in [1.807, 2.05) is 42.2 Å². The number of aromatic nitrogens is 6. The lowest BCUT2D eigenvalue weighted by atomic mass is 10.1. The largest absolute Gasteiger partial charge is 0.308 e. The van der Waals surface area contributed by atoms with Crippen molar-refractivity contribution in [3.8, 4) is 17.1 Å². The van der Waals surface area contributed by atoms with Gasteiger partial charge in [-0.1, -0.05) is 17.7 Å². The minimum atomic E-state index is -0.0835. The van der Waals surface area contributed by atoms with Gasteiger partial charge in [0.2, 0.25) is 0 Å². The molecule has 0 spiro atoms. The minimum absolute atomic E-state index is 0. The van der Waals surface area contributed by atoms with Crippen molar-refractivity contribution < 1.29 is 0 Å². The Hall–Kier alpha value is -2.90. The van der Waals surface area contributed by atoms with Crippen LogP contribution in [0.4, 0.5) is 0 Å². The molecule has 0 bridgehead atoms. The van der Waals surface area contributed by atoms with Crippen LogP contribution in [-0.2, 0) is 13.1 Å². The van der Waals surface area contributed by atoms with E-state index in [1.165, 1.54) is 6.07 Å². The Bertz CT molecular complexity index is 1240. The van der Waals surface area contributed by atoms with Crippen LogP contribution in [0.3, 0.4) is 0 Å². The van der Waals surface area contributed by atoms with Gasteiger partial charge in [-0.15, -0.1) is 12.4 Å². The lowest BCUT2D eigenvalue weighted by Crippen LogP contribution is -2.19. The molecule has 7 nitrogen and oxygen atoms in total. The van der Waals surface area contributed by atoms with Crippen molar-refractivity contribution in [2.75, 3.05) is 0 Å². The maximum absolute atomic E-state index is 12.0. The maximum atomic E-state index is 12.0. The van der Waals surface area contributed by atoms with Crippen LogP contribution in [0.15, 0.2) is 53.7 Å². The van der Waals surface area contributed by atoms with Crippen molar-refractivity contribution in [1.29, 1.82) is 0 Å². The average molecular weight is 415 g/mol. The SMILES string of the molecule is Cc1ncn2c1Cn1nc(Cn3ccccc3=O)nc1-c1cc(Cl)ccc1-2.Cl. The first-order valence-corrected chi connectivity index (χ1v) is 8.90. The van der Waals surface area contributed by atoms with Crippen LogP contribution in [0.1, 0.15) is 17.2 Å². The van der Waals surface area contributed by atoms with E-state index >= 15 is 0 Å². The molecule has 0 fully saturated rings. The normalized spacial score (nSPS) is 11.8. The zero-order chi connectivity index (χ0) is 18.5. The summed E-state index contributed by atoms with van der Waals surface area (Å²) >= 11 is 6.26. The smallest absolute Gasteiger partial charge is 0.250 e. The monoisotopic (exact) mass is 414 g/mol. The van der Waals surface area contributed by atoms with Gasteiger partial charge in [-0.05, 0) is 31.2 Å². The Morgan fingerprint density at radius 2 is 2.07 bits per heavy atom. The van der Waals surface area contributed by atoms with Crippen LogP contribution >= 0.6 is 24.0 Å². The van der Waals surface area contributed by atoms with E-state index in [9.17, 15) is 4.79 Å². The summed E-state index contributed by atoms with van der Waals surface area (Å²) in [4.78, 5) is 21.2. The topological polar surface area (TPSA) is 70.5 Å². The van der Waals surface area contributed by atoms with Crippen molar-refractivity contribution in [1.82, 2.24) is 28.9 Å². The Morgan fingerprint density at radius 3 is 2.89 bits per heavy atom. The fourth-order valence-corrected chi connectivity index (χ4v) is 3.58. The summed E-state index contributed by atoms with van der Waals surface area (Å²) < 4.78 is 5.49.